The van der Waals surface area contributed by atoms with Crippen molar-refractivity contribution in [2.75, 3.05) is 11.1 Å². The molecule has 98 valence electrons. The van der Waals surface area contributed by atoms with Crippen LogP contribution >= 0.6 is 11.6 Å². The molecule has 2 aromatic rings. The van der Waals surface area contributed by atoms with Crippen molar-refractivity contribution in [3.63, 3.8) is 0 Å². The molecule has 3 N–H and O–H groups in total. The number of carbonyl (C=O) groups is 1. The summed E-state index contributed by atoms with van der Waals surface area (Å²) in [5.74, 6) is -3.14. The highest BCUT2D eigenvalue weighted by molar-refractivity contribution is 6.33. The van der Waals surface area contributed by atoms with E-state index in [-0.39, 0.29) is 16.5 Å². The molecule has 1 aromatic heterocycles. The number of benzene rings is 1. The Balaban J connectivity index is 2.36. The third-order valence-electron chi connectivity index (χ3n) is 2.34. The summed E-state index contributed by atoms with van der Waals surface area (Å²) < 4.78 is 27.1. The summed E-state index contributed by atoms with van der Waals surface area (Å²) in [5, 5.41) is 2.37. The number of nitrogen functional groups attached to an aromatic ring is 1. The van der Waals surface area contributed by atoms with E-state index in [1.54, 1.807) is 6.07 Å². The zero-order chi connectivity index (χ0) is 14.0. The predicted octanol–water partition coefficient (Wildman–Crippen LogP) is 2.85. The van der Waals surface area contributed by atoms with Gasteiger partial charge in [-0.25, -0.2) is 13.8 Å². The maximum Gasteiger partial charge on any atom is 0.262 e. The van der Waals surface area contributed by atoms with Crippen LogP contribution in [0.1, 0.15) is 10.4 Å². The highest BCUT2D eigenvalue weighted by atomic mass is 35.5. The number of carbonyl (C=O) groups excluding carboxylic acids is 1. The van der Waals surface area contributed by atoms with E-state index in [0.717, 1.165) is 12.1 Å². The van der Waals surface area contributed by atoms with Crippen LogP contribution in [0.4, 0.5) is 20.3 Å². The third-order valence-corrected chi connectivity index (χ3v) is 2.64. The molecule has 1 heterocycles. The molecule has 0 aliphatic heterocycles. The molecule has 0 bridgehead atoms. The van der Waals surface area contributed by atoms with Crippen LogP contribution in [0.2, 0.25) is 5.02 Å². The number of hydrogen-bond acceptors (Lipinski definition) is 3. The molecule has 1 aromatic carbocycles. The SMILES string of the molecule is Nc1ccc(F)c(C(=O)Nc2ncccc2Cl)c1F. The summed E-state index contributed by atoms with van der Waals surface area (Å²) in [4.78, 5) is 15.6. The Hall–Kier alpha value is -2.21. The highest BCUT2D eigenvalue weighted by Crippen LogP contribution is 2.22. The Morgan fingerprint density at radius 1 is 1.32 bits per heavy atom. The second kappa shape index (κ2) is 5.19. The van der Waals surface area contributed by atoms with Crippen molar-refractivity contribution < 1.29 is 13.6 Å². The Bertz CT molecular complexity index is 649. The van der Waals surface area contributed by atoms with Gasteiger partial charge < -0.3 is 11.1 Å². The lowest BCUT2D eigenvalue weighted by Crippen LogP contribution is -2.17. The lowest BCUT2D eigenvalue weighted by molar-refractivity contribution is 0.101. The molecular weight excluding hydrogens is 276 g/mol. The van der Waals surface area contributed by atoms with Crippen molar-refractivity contribution in [1.82, 2.24) is 4.98 Å². The molecule has 0 atom stereocenters. The molecule has 0 saturated heterocycles. The molecule has 0 unspecified atom stereocenters. The van der Waals surface area contributed by atoms with Gasteiger partial charge in [0.05, 0.1) is 10.7 Å². The van der Waals surface area contributed by atoms with Crippen LogP contribution in [0.5, 0.6) is 0 Å². The molecule has 0 fully saturated rings. The lowest BCUT2D eigenvalue weighted by Gasteiger charge is -2.08. The fourth-order valence-corrected chi connectivity index (χ4v) is 1.59. The second-order valence-electron chi connectivity index (χ2n) is 3.61. The van der Waals surface area contributed by atoms with Crippen LogP contribution in [0.3, 0.4) is 0 Å². The van der Waals surface area contributed by atoms with Crippen molar-refractivity contribution in [2.45, 2.75) is 0 Å². The summed E-state index contributed by atoms with van der Waals surface area (Å²) in [5.41, 5.74) is 4.19. The molecule has 0 aliphatic rings. The van der Waals surface area contributed by atoms with Crippen molar-refractivity contribution in [3.05, 3.63) is 52.7 Å². The number of anilines is 2. The Morgan fingerprint density at radius 2 is 2.05 bits per heavy atom. The van der Waals surface area contributed by atoms with E-state index in [1.165, 1.54) is 12.3 Å². The van der Waals surface area contributed by atoms with E-state index in [4.69, 9.17) is 17.3 Å². The monoisotopic (exact) mass is 283 g/mol. The second-order valence-corrected chi connectivity index (χ2v) is 4.02. The van der Waals surface area contributed by atoms with Gasteiger partial charge in [0.15, 0.2) is 11.6 Å². The van der Waals surface area contributed by atoms with Crippen LogP contribution in [0, 0.1) is 11.6 Å². The average molecular weight is 284 g/mol. The number of pyridine rings is 1. The molecule has 19 heavy (non-hydrogen) atoms. The quantitative estimate of drug-likeness (QED) is 0.833. The molecule has 7 heteroatoms. The van der Waals surface area contributed by atoms with Crippen molar-refractivity contribution in [3.8, 4) is 0 Å². The van der Waals surface area contributed by atoms with Crippen molar-refractivity contribution in [1.29, 1.82) is 0 Å². The van der Waals surface area contributed by atoms with Gasteiger partial charge in [0.2, 0.25) is 0 Å². The topological polar surface area (TPSA) is 68.0 Å². The first kappa shape index (κ1) is 13.2. The van der Waals surface area contributed by atoms with Crippen LogP contribution in [0.15, 0.2) is 30.5 Å². The van der Waals surface area contributed by atoms with Gasteiger partial charge in [-0.05, 0) is 24.3 Å². The fourth-order valence-electron chi connectivity index (χ4n) is 1.42. The van der Waals surface area contributed by atoms with Gasteiger partial charge in [-0.15, -0.1) is 0 Å². The minimum Gasteiger partial charge on any atom is -0.396 e. The molecule has 4 nitrogen and oxygen atoms in total. The number of nitrogens with zero attached hydrogens (tertiary/aromatic N) is 1. The summed E-state index contributed by atoms with van der Waals surface area (Å²) in [6, 6.07) is 4.98. The zero-order valence-corrected chi connectivity index (χ0v) is 10.2. The summed E-state index contributed by atoms with van der Waals surface area (Å²) in [6.07, 6.45) is 1.38. The maximum absolute atomic E-state index is 13.6. The highest BCUT2D eigenvalue weighted by Gasteiger charge is 2.20. The van der Waals surface area contributed by atoms with Gasteiger partial charge in [-0.3, -0.25) is 4.79 Å². The normalized spacial score (nSPS) is 10.3. The number of amides is 1. The first-order chi connectivity index (χ1) is 9.00. The molecule has 2 rings (SSSR count). The maximum atomic E-state index is 13.6. The zero-order valence-electron chi connectivity index (χ0n) is 9.45. The van der Waals surface area contributed by atoms with Gasteiger partial charge in [-0.2, -0.15) is 0 Å². The minimum atomic E-state index is -1.12. The van der Waals surface area contributed by atoms with Crippen LogP contribution in [-0.2, 0) is 0 Å². The molecule has 1 amide bonds. The lowest BCUT2D eigenvalue weighted by atomic mass is 10.1. The Kier molecular flexibility index (Phi) is 3.62. The Labute approximate surface area is 112 Å². The summed E-state index contributed by atoms with van der Waals surface area (Å²) in [6.45, 7) is 0. The predicted molar refractivity (Wildman–Crippen MR) is 68.0 cm³/mol. The number of rotatable bonds is 2. The molecular formula is C12H8ClF2N3O. The number of hydrogen-bond donors (Lipinski definition) is 2. The summed E-state index contributed by atoms with van der Waals surface area (Å²) >= 11 is 5.78. The number of aromatic nitrogens is 1. The van der Waals surface area contributed by atoms with Crippen LogP contribution < -0.4 is 11.1 Å². The fraction of sp³-hybridized carbons (Fsp3) is 0. The molecule has 0 saturated carbocycles. The third kappa shape index (κ3) is 2.63. The average Bonchev–Trinajstić information content (AvgIpc) is 2.37. The number of nitrogens with one attached hydrogen (secondary N) is 1. The minimum absolute atomic E-state index is 0.00962. The van der Waals surface area contributed by atoms with Crippen molar-refractivity contribution >= 4 is 29.0 Å². The van der Waals surface area contributed by atoms with E-state index < -0.39 is 23.1 Å². The Morgan fingerprint density at radius 3 is 2.74 bits per heavy atom. The largest absolute Gasteiger partial charge is 0.396 e. The van der Waals surface area contributed by atoms with Crippen molar-refractivity contribution in [2.24, 2.45) is 0 Å². The number of nitrogens with two attached hydrogens (primary N) is 1. The van der Waals surface area contributed by atoms with E-state index in [0.29, 0.717) is 0 Å². The van der Waals surface area contributed by atoms with E-state index >= 15 is 0 Å². The molecule has 0 radical (unpaired) electrons. The molecule has 0 spiro atoms. The van der Waals surface area contributed by atoms with Gasteiger partial charge in [0, 0.05) is 6.20 Å². The van der Waals surface area contributed by atoms with E-state index in [9.17, 15) is 13.6 Å². The van der Waals surface area contributed by atoms with Crippen LogP contribution in [-0.4, -0.2) is 10.9 Å². The first-order valence-electron chi connectivity index (χ1n) is 5.16. The van der Waals surface area contributed by atoms with Gasteiger partial charge in [0.25, 0.3) is 5.91 Å². The van der Waals surface area contributed by atoms with Gasteiger partial charge in [-0.1, -0.05) is 11.6 Å². The standard InChI is InChI=1S/C12H8ClF2N3O/c13-6-2-1-5-17-11(6)18-12(19)9-7(14)3-4-8(16)10(9)15/h1-5H,16H2,(H,17,18,19). The molecule has 0 aliphatic carbocycles. The number of halogens is 3. The van der Waals surface area contributed by atoms with Gasteiger partial charge in [0.1, 0.15) is 11.4 Å². The van der Waals surface area contributed by atoms with E-state index in [2.05, 4.69) is 10.3 Å². The van der Waals surface area contributed by atoms with Crippen LogP contribution in [0.25, 0.3) is 0 Å². The smallest absolute Gasteiger partial charge is 0.262 e. The van der Waals surface area contributed by atoms with Gasteiger partial charge >= 0.3 is 0 Å². The van der Waals surface area contributed by atoms with E-state index in [1.807, 2.05) is 0 Å². The summed E-state index contributed by atoms with van der Waals surface area (Å²) in [7, 11) is 0. The first-order valence-corrected chi connectivity index (χ1v) is 5.54.